The summed E-state index contributed by atoms with van der Waals surface area (Å²) in [5, 5.41) is 2.71. The van der Waals surface area contributed by atoms with Crippen LogP contribution >= 0.6 is 22.9 Å². The Bertz CT molecular complexity index is 1190. The standard InChI is InChI=1S/C19H19ClN4O5S2/c1-10-2-3-12(7-14(10)20)23-31(28,29)21-8-13-6-11-9-24(19(27)17(11)30-13)15-4-5-16(25)22-18(15)26/h2-3,6-7,15,21,23H,4-5,8-9H2,1H3,(H,22,25,26). The number of benzene rings is 1. The molecule has 9 nitrogen and oxygen atoms in total. The molecule has 164 valence electrons. The van der Waals surface area contributed by atoms with Gasteiger partial charge in [0.2, 0.25) is 11.8 Å². The summed E-state index contributed by atoms with van der Waals surface area (Å²) < 4.78 is 29.5. The van der Waals surface area contributed by atoms with Gasteiger partial charge in [-0.05, 0) is 42.7 Å². The lowest BCUT2D eigenvalue weighted by Crippen LogP contribution is -2.52. The molecule has 31 heavy (non-hydrogen) atoms. The summed E-state index contributed by atoms with van der Waals surface area (Å²) in [5.74, 6) is -1.08. The zero-order valence-corrected chi connectivity index (χ0v) is 18.8. The lowest BCUT2D eigenvalue weighted by molar-refractivity contribution is -0.136. The van der Waals surface area contributed by atoms with E-state index in [9.17, 15) is 22.8 Å². The number of nitrogens with one attached hydrogen (secondary N) is 3. The van der Waals surface area contributed by atoms with Gasteiger partial charge in [-0.15, -0.1) is 11.3 Å². The van der Waals surface area contributed by atoms with Crippen LogP contribution in [0.15, 0.2) is 24.3 Å². The van der Waals surface area contributed by atoms with Crippen molar-refractivity contribution in [1.29, 1.82) is 0 Å². The van der Waals surface area contributed by atoms with Crippen molar-refractivity contribution in [3.63, 3.8) is 0 Å². The van der Waals surface area contributed by atoms with Gasteiger partial charge in [0.1, 0.15) is 6.04 Å². The molecule has 3 amide bonds. The number of imide groups is 1. The predicted octanol–water partition coefficient (Wildman–Crippen LogP) is 1.92. The number of hydrogen-bond donors (Lipinski definition) is 3. The van der Waals surface area contributed by atoms with E-state index in [2.05, 4.69) is 14.8 Å². The first-order valence-electron chi connectivity index (χ1n) is 9.43. The molecule has 0 saturated carbocycles. The quantitative estimate of drug-likeness (QED) is 0.542. The monoisotopic (exact) mass is 482 g/mol. The molecule has 1 saturated heterocycles. The molecular formula is C19H19ClN4O5S2. The van der Waals surface area contributed by atoms with Crippen molar-refractivity contribution in [3.8, 4) is 0 Å². The fraction of sp³-hybridized carbons (Fsp3) is 0.316. The van der Waals surface area contributed by atoms with Crippen molar-refractivity contribution in [3.05, 3.63) is 50.2 Å². The Balaban J connectivity index is 1.39. The highest BCUT2D eigenvalue weighted by Gasteiger charge is 2.40. The maximum Gasteiger partial charge on any atom is 0.299 e. The van der Waals surface area contributed by atoms with Gasteiger partial charge in [0.15, 0.2) is 0 Å². The van der Waals surface area contributed by atoms with Gasteiger partial charge in [-0.2, -0.15) is 13.1 Å². The number of fused-ring (bicyclic) bond motifs is 1. The number of piperidine rings is 1. The Hall–Kier alpha value is -2.47. The summed E-state index contributed by atoms with van der Waals surface area (Å²) in [6.07, 6.45) is 0.493. The van der Waals surface area contributed by atoms with Gasteiger partial charge >= 0.3 is 0 Å². The summed E-state index contributed by atoms with van der Waals surface area (Å²) in [7, 11) is -3.84. The predicted molar refractivity (Wildman–Crippen MR) is 116 cm³/mol. The van der Waals surface area contributed by atoms with E-state index in [0.717, 1.165) is 11.1 Å². The van der Waals surface area contributed by atoms with Gasteiger partial charge in [-0.1, -0.05) is 17.7 Å². The second-order valence-electron chi connectivity index (χ2n) is 7.36. The Morgan fingerprint density at radius 2 is 2.03 bits per heavy atom. The van der Waals surface area contributed by atoms with Crippen molar-refractivity contribution in [1.82, 2.24) is 14.9 Å². The van der Waals surface area contributed by atoms with Crippen molar-refractivity contribution in [2.45, 2.75) is 38.9 Å². The van der Waals surface area contributed by atoms with E-state index in [4.69, 9.17) is 11.6 Å². The topological polar surface area (TPSA) is 125 Å². The van der Waals surface area contributed by atoms with E-state index >= 15 is 0 Å². The van der Waals surface area contributed by atoms with Crippen molar-refractivity contribution < 1.29 is 22.8 Å². The molecule has 1 aromatic carbocycles. The summed E-state index contributed by atoms with van der Waals surface area (Å²) >= 11 is 7.21. The van der Waals surface area contributed by atoms with E-state index in [0.29, 0.717) is 26.9 Å². The maximum absolute atomic E-state index is 12.7. The molecule has 0 spiro atoms. The largest absolute Gasteiger partial charge is 0.321 e. The average Bonchev–Trinajstić information content (AvgIpc) is 3.22. The van der Waals surface area contributed by atoms with Crippen LogP contribution in [0.3, 0.4) is 0 Å². The van der Waals surface area contributed by atoms with Gasteiger partial charge in [-0.3, -0.25) is 24.4 Å². The fourth-order valence-corrected chi connectivity index (χ4v) is 5.70. The number of halogens is 1. The molecule has 1 fully saturated rings. The number of carbonyl (C=O) groups excluding carboxylic acids is 3. The van der Waals surface area contributed by atoms with Gasteiger partial charge in [0.25, 0.3) is 16.1 Å². The summed E-state index contributed by atoms with van der Waals surface area (Å²) in [4.78, 5) is 38.8. The molecule has 2 aliphatic heterocycles. The molecular weight excluding hydrogens is 464 g/mol. The minimum Gasteiger partial charge on any atom is -0.321 e. The number of carbonyl (C=O) groups is 3. The fourth-order valence-electron chi connectivity index (χ4n) is 3.50. The number of rotatable bonds is 6. The number of nitrogens with zero attached hydrogens (tertiary/aromatic N) is 1. The molecule has 0 bridgehead atoms. The molecule has 12 heteroatoms. The van der Waals surface area contributed by atoms with E-state index in [1.54, 1.807) is 18.2 Å². The molecule has 0 aliphatic carbocycles. The first kappa shape index (κ1) is 21.8. The normalized spacial score (nSPS) is 18.8. The molecule has 0 radical (unpaired) electrons. The van der Waals surface area contributed by atoms with E-state index in [1.165, 1.54) is 22.3 Å². The van der Waals surface area contributed by atoms with Crippen LogP contribution < -0.4 is 14.8 Å². The molecule has 2 aromatic rings. The zero-order chi connectivity index (χ0) is 22.3. The first-order chi connectivity index (χ1) is 14.6. The van der Waals surface area contributed by atoms with E-state index < -0.39 is 22.2 Å². The smallest absolute Gasteiger partial charge is 0.299 e. The third-order valence-electron chi connectivity index (χ3n) is 5.10. The molecule has 3 N–H and O–H groups in total. The van der Waals surface area contributed by atoms with E-state index in [-0.39, 0.29) is 31.3 Å². The lowest BCUT2D eigenvalue weighted by atomic mass is 10.0. The molecule has 3 heterocycles. The van der Waals surface area contributed by atoms with Crippen LogP contribution in [-0.2, 0) is 32.9 Å². The van der Waals surface area contributed by atoms with Crippen LogP contribution in [-0.4, -0.2) is 37.1 Å². The molecule has 4 rings (SSSR count). The average molecular weight is 483 g/mol. The first-order valence-corrected chi connectivity index (χ1v) is 12.1. The van der Waals surface area contributed by atoms with Crippen molar-refractivity contribution in [2.24, 2.45) is 0 Å². The highest BCUT2D eigenvalue weighted by Crippen LogP contribution is 2.33. The zero-order valence-electron chi connectivity index (χ0n) is 16.4. The summed E-state index contributed by atoms with van der Waals surface area (Å²) in [6.45, 7) is 2.08. The van der Waals surface area contributed by atoms with Crippen molar-refractivity contribution >= 4 is 56.6 Å². The highest BCUT2D eigenvalue weighted by molar-refractivity contribution is 7.90. The van der Waals surface area contributed by atoms with Crippen LogP contribution in [0.4, 0.5) is 5.69 Å². The van der Waals surface area contributed by atoms with Crippen LogP contribution in [0.25, 0.3) is 0 Å². The van der Waals surface area contributed by atoms with Crippen LogP contribution in [0.1, 0.15) is 38.5 Å². The second kappa shape index (κ2) is 8.23. The van der Waals surface area contributed by atoms with Gasteiger partial charge < -0.3 is 4.90 Å². The van der Waals surface area contributed by atoms with Crippen molar-refractivity contribution in [2.75, 3.05) is 4.72 Å². The van der Waals surface area contributed by atoms with Gasteiger partial charge in [0.05, 0.1) is 10.6 Å². The Kier molecular flexibility index (Phi) is 5.77. The third kappa shape index (κ3) is 4.59. The Morgan fingerprint density at radius 3 is 2.71 bits per heavy atom. The molecule has 1 aromatic heterocycles. The maximum atomic E-state index is 12.7. The van der Waals surface area contributed by atoms with Gasteiger partial charge in [-0.25, -0.2) is 0 Å². The van der Waals surface area contributed by atoms with Gasteiger partial charge in [0, 0.05) is 29.4 Å². The number of hydrogen-bond acceptors (Lipinski definition) is 6. The Labute approximate surface area is 187 Å². The second-order valence-corrected chi connectivity index (χ2v) is 10.4. The molecule has 1 atom stereocenters. The Morgan fingerprint density at radius 1 is 1.26 bits per heavy atom. The van der Waals surface area contributed by atoms with E-state index in [1.807, 2.05) is 6.92 Å². The summed E-state index contributed by atoms with van der Waals surface area (Å²) in [6, 6.07) is 5.94. The highest BCUT2D eigenvalue weighted by atomic mass is 35.5. The van der Waals surface area contributed by atoms with Crippen LogP contribution in [0.5, 0.6) is 0 Å². The van der Waals surface area contributed by atoms with Crippen LogP contribution in [0, 0.1) is 6.92 Å². The number of amides is 3. The summed E-state index contributed by atoms with van der Waals surface area (Å²) in [5.41, 5.74) is 1.92. The number of aryl methyl sites for hydroxylation is 1. The number of anilines is 1. The third-order valence-corrected chi connectivity index (χ3v) is 7.70. The van der Waals surface area contributed by atoms with Crippen LogP contribution in [0.2, 0.25) is 5.02 Å². The lowest BCUT2D eigenvalue weighted by Gasteiger charge is -2.29. The molecule has 1 unspecified atom stereocenters. The minimum absolute atomic E-state index is 0.0122. The SMILES string of the molecule is Cc1ccc(NS(=O)(=O)NCc2cc3c(s2)C(=O)N(C2CCC(=O)NC2=O)C3)cc1Cl. The minimum atomic E-state index is -3.84. The molecule has 2 aliphatic rings. The number of thiophene rings is 1.